The highest BCUT2D eigenvalue weighted by Gasteiger charge is 2.45. The number of ether oxygens (including phenoxy) is 1. The summed E-state index contributed by atoms with van der Waals surface area (Å²) in [6.07, 6.45) is 2.57. The fraction of sp³-hybridized carbons (Fsp3) is 1.00. The van der Waals surface area contributed by atoms with E-state index in [0.717, 1.165) is 25.2 Å². The maximum atomic E-state index is 5.43. The zero-order valence-electron chi connectivity index (χ0n) is 9.75. The smallest absolute Gasteiger partial charge is 0.0472 e. The van der Waals surface area contributed by atoms with Crippen molar-refractivity contribution in [1.82, 2.24) is 4.90 Å². The average Bonchev–Trinajstić information content (AvgIpc) is 2.14. The van der Waals surface area contributed by atoms with Crippen LogP contribution in [0.5, 0.6) is 0 Å². The maximum absolute atomic E-state index is 5.43. The van der Waals surface area contributed by atoms with Gasteiger partial charge in [-0.25, -0.2) is 0 Å². The first-order chi connectivity index (χ1) is 6.63. The number of hydrogen-bond donors (Lipinski definition) is 0. The zero-order valence-corrected chi connectivity index (χ0v) is 9.75. The molecule has 82 valence electrons. The topological polar surface area (TPSA) is 12.5 Å². The van der Waals surface area contributed by atoms with Crippen LogP contribution in [0.3, 0.4) is 0 Å². The number of rotatable bonds is 2. The molecule has 2 nitrogen and oxygen atoms in total. The lowest BCUT2D eigenvalue weighted by atomic mass is 9.72. The van der Waals surface area contributed by atoms with E-state index < -0.39 is 0 Å². The van der Waals surface area contributed by atoms with Crippen LogP contribution in [0.15, 0.2) is 0 Å². The predicted octanol–water partition coefficient (Wildman–Crippen LogP) is 2.14. The summed E-state index contributed by atoms with van der Waals surface area (Å²) < 4.78 is 5.43. The Kier molecular flexibility index (Phi) is 2.85. The Bertz CT molecular complexity index is 188. The second-order valence-corrected chi connectivity index (χ2v) is 5.50. The molecule has 0 aromatic rings. The van der Waals surface area contributed by atoms with Gasteiger partial charge in [-0.15, -0.1) is 0 Å². The fourth-order valence-electron chi connectivity index (χ4n) is 2.65. The van der Waals surface area contributed by atoms with E-state index in [-0.39, 0.29) is 0 Å². The van der Waals surface area contributed by atoms with Gasteiger partial charge in [-0.05, 0) is 25.7 Å². The molecule has 2 heterocycles. The molecule has 2 rings (SSSR count). The van der Waals surface area contributed by atoms with Crippen molar-refractivity contribution < 1.29 is 4.74 Å². The minimum absolute atomic E-state index is 0.640. The summed E-state index contributed by atoms with van der Waals surface area (Å²) in [5.41, 5.74) is 0.640. The van der Waals surface area contributed by atoms with E-state index >= 15 is 0 Å². The zero-order chi connectivity index (χ0) is 10.2. The molecule has 0 aromatic heterocycles. The van der Waals surface area contributed by atoms with Gasteiger partial charge < -0.3 is 4.74 Å². The SMILES string of the molecule is CC(C)[C@H](C)N1CC2(CCOCC2)C1. The molecule has 0 saturated carbocycles. The molecule has 14 heavy (non-hydrogen) atoms. The van der Waals surface area contributed by atoms with Crippen molar-refractivity contribution in [3.8, 4) is 0 Å². The van der Waals surface area contributed by atoms with Crippen LogP contribution in [-0.2, 0) is 4.74 Å². The van der Waals surface area contributed by atoms with E-state index in [1.807, 2.05) is 0 Å². The molecule has 0 aliphatic carbocycles. The lowest BCUT2D eigenvalue weighted by Crippen LogP contribution is -2.61. The van der Waals surface area contributed by atoms with E-state index in [1.165, 1.54) is 25.9 Å². The molecule has 2 heteroatoms. The van der Waals surface area contributed by atoms with Crippen LogP contribution in [-0.4, -0.2) is 37.2 Å². The Labute approximate surface area is 87.6 Å². The van der Waals surface area contributed by atoms with Crippen LogP contribution in [0.25, 0.3) is 0 Å². The molecular formula is C12H23NO. The van der Waals surface area contributed by atoms with Crippen molar-refractivity contribution in [2.45, 2.75) is 39.7 Å². The summed E-state index contributed by atoms with van der Waals surface area (Å²) in [5.74, 6) is 0.784. The van der Waals surface area contributed by atoms with E-state index in [0.29, 0.717) is 5.41 Å². The van der Waals surface area contributed by atoms with Crippen molar-refractivity contribution in [2.24, 2.45) is 11.3 Å². The molecule has 2 saturated heterocycles. The van der Waals surface area contributed by atoms with Gasteiger partial charge in [0, 0.05) is 37.8 Å². The van der Waals surface area contributed by atoms with Crippen molar-refractivity contribution in [3.63, 3.8) is 0 Å². The Morgan fingerprint density at radius 1 is 1.07 bits per heavy atom. The van der Waals surface area contributed by atoms with Gasteiger partial charge in [-0.2, -0.15) is 0 Å². The van der Waals surface area contributed by atoms with Gasteiger partial charge in [0.15, 0.2) is 0 Å². The average molecular weight is 197 g/mol. The third kappa shape index (κ3) is 1.82. The first-order valence-corrected chi connectivity index (χ1v) is 5.95. The van der Waals surface area contributed by atoms with Crippen molar-refractivity contribution in [1.29, 1.82) is 0 Å². The van der Waals surface area contributed by atoms with Gasteiger partial charge in [0.2, 0.25) is 0 Å². The Morgan fingerprint density at radius 2 is 1.64 bits per heavy atom. The summed E-state index contributed by atoms with van der Waals surface area (Å²) in [6, 6.07) is 0.753. The monoisotopic (exact) mass is 197 g/mol. The molecule has 0 unspecified atom stereocenters. The molecule has 1 atom stereocenters. The molecule has 1 spiro atoms. The van der Waals surface area contributed by atoms with E-state index in [9.17, 15) is 0 Å². The molecule has 0 bridgehead atoms. The van der Waals surface area contributed by atoms with Gasteiger partial charge in [-0.1, -0.05) is 13.8 Å². The van der Waals surface area contributed by atoms with Gasteiger partial charge in [-0.3, -0.25) is 4.90 Å². The minimum Gasteiger partial charge on any atom is -0.381 e. The molecule has 0 radical (unpaired) electrons. The second kappa shape index (κ2) is 3.82. The summed E-state index contributed by atoms with van der Waals surface area (Å²) in [7, 11) is 0. The Balaban J connectivity index is 1.82. The predicted molar refractivity (Wildman–Crippen MR) is 58.4 cm³/mol. The molecule has 0 N–H and O–H groups in total. The Hall–Kier alpha value is -0.0800. The number of nitrogens with zero attached hydrogens (tertiary/aromatic N) is 1. The molecular weight excluding hydrogens is 174 g/mol. The molecule has 2 aliphatic heterocycles. The molecule has 0 amide bonds. The number of hydrogen-bond acceptors (Lipinski definition) is 2. The van der Waals surface area contributed by atoms with Crippen molar-refractivity contribution in [3.05, 3.63) is 0 Å². The number of likely N-dealkylation sites (tertiary alicyclic amines) is 1. The third-order valence-corrected chi connectivity index (χ3v) is 4.17. The largest absolute Gasteiger partial charge is 0.381 e. The van der Waals surface area contributed by atoms with Crippen molar-refractivity contribution >= 4 is 0 Å². The maximum Gasteiger partial charge on any atom is 0.0472 e. The summed E-state index contributed by atoms with van der Waals surface area (Å²) in [4.78, 5) is 2.63. The van der Waals surface area contributed by atoms with Crippen LogP contribution in [0.1, 0.15) is 33.6 Å². The second-order valence-electron chi connectivity index (χ2n) is 5.50. The molecule has 2 aliphatic rings. The van der Waals surface area contributed by atoms with Gasteiger partial charge in [0.25, 0.3) is 0 Å². The van der Waals surface area contributed by atoms with E-state index in [4.69, 9.17) is 4.74 Å². The molecule has 0 aromatic carbocycles. The Morgan fingerprint density at radius 3 is 2.14 bits per heavy atom. The summed E-state index contributed by atoms with van der Waals surface area (Å²) >= 11 is 0. The summed E-state index contributed by atoms with van der Waals surface area (Å²) in [5, 5.41) is 0. The minimum atomic E-state index is 0.640. The lowest BCUT2D eigenvalue weighted by molar-refractivity contribution is -0.101. The quantitative estimate of drug-likeness (QED) is 0.672. The van der Waals surface area contributed by atoms with Crippen LogP contribution < -0.4 is 0 Å². The lowest BCUT2D eigenvalue weighted by Gasteiger charge is -2.55. The molecule has 2 fully saturated rings. The van der Waals surface area contributed by atoms with Crippen LogP contribution >= 0.6 is 0 Å². The standard InChI is InChI=1S/C12H23NO/c1-10(2)11(3)13-8-12(9-13)4-6-14-7-5-12/h10-11H,4-9H2,1-3H3/t11-/m0/s1. The van der Waals surface area contributed by atoms with E-state index in [2.05, 4.69) is 25.7 Å². The van der Waals surface area contributed by atoms with Gasteiger partial charge >= 0.3 is 0 Å². The summed E-state index contributed by atoms with van der Waals surface area (Å²) in [6.45, 7) is 11.6. The van der Waals surface area contributed by atoms with Crippen molar-refractivity contribution in [2.75, 3.05) is 26.3 Å². The van der Waals surface area contributed by atoms with Crippen LogP contribution in [0.2, 0.25) is 0 Å². The normalized spacial score (nSPS) is 29.1. The highest BCUT2D eigenvalue weighted by Crippen LogP contribution is 2.41. The van der Waals surface area contributed by atoms with Gasteiger partial charge in [0.05, 0.1) is 0 Å². The highest BCUT2D eigenvalue weighted by atomic mass is 16.5. The first-order valence-electron chi connectivity index (χ1n) is 5.95. The van der Waals surface area contributed by atoms with Crippen LogP contribution in [0, 0.1) is 11.3 Å². The van der Waals surface area contributed by atoms with E-state index in [1.54, 1.807) is 0 Å². The highest BCUT2D eigenvalue weighted by molar-refractivity contribution is 4.98. The third-order valence-electron chi connectivity index (χ3n) is 4.17. The fourth-order valence-corrected chi connectivity index (χ4v) is 2.65. The van der Waals surface area contributed by atoms with Gasteiger partial charge in [0.1, 0.15) is 0 Å². The van der Waals surface area contributed by atoms with Crippen LogP contribution in [0.4, 0.5) is 0 Å². The first kappa shape index (κ1) is 10.4.